The molecular weight excluding hydrogens is 320 g/mol. The van der Waals surface area contributed by atoms with E-state index in [1.165, 1.54) is 4.31 Å². The molecule has 5 heteroatoms. The fourth-order valence-electron chi connectivity index (χ4n) is 2.37. The van der Waals surface area contributed by atoms with Gasteiger partial charge in [-0.25, -0.2) is 4.31 Å². The monoisotopic (exact) mass is 338 g/mol. The highest BCUT2D eigenvalue weighted by molar-refractivity contribution is 7.94. The summed E-state index contributed by atoms with van der Waals surface area (Å²) in [4.78, 5) is 0. The minimum atomic E-state index is -3.81. The van der Waals surface area contributed by atoms with Crippen LogP contribution in [0.1, 0.15) is 5.56 Å². The number of hydrogen-bond acceptors (Lipinski definition) is 2. The molecule has 0 bridgehead atoms. The first-order valence-electron chi connectivity index (χ1n) is 7.56. The molecule has 4 nitrogen and oxygen atoms in total. The molecule has 0 aliphatic carbocycles. The van der Waals surface area contributed by atoms with Crippen LogP contribution in [-0.2, 0) is 10.2 Å². The molecule has 0 atom stereocenters. The number of benzene rings is 3. The first-order valence-corrected chi connectivity index (χ1v) is 9.00. The molecule has 0 saturated heterocycles. The average molecular weight is 338 g/mol. The lowest BCUT2D eigenvalue weighted by Gasteiger charge is -2.25. The van der Waals surface area contributed by atoms with Crippen LogP contribution >= 0.6 is 0 Å². The smallest absolute Gasteiger partial charge is 0.266 e. The third-order valence-corrected chi connectivity index (χ3v) is 4.92. The summed E-state index contributed by atoms with van der Waals surface area (Å²) in [6.07, 6.45) is 0. The highest BCUT2D eigenvalue weighted by Crippen LogP contribution is 2.29. The van der Waals surface area contributed by atoms with Crippen LogP contribution in [0.15, 0.2) is 84.9 Å². The Morgan fingerprint density at radius 2 is 1.17 bits per heavy atom. The standard InChI is InChI=1S/C19H18N2O2S/c1-16-12-14-17(15-13-16)20-24(22,23)21(18-8-4-2-5-9-18)19-10-6-3-7-11-19/h2-15,20H,1H3. The van der Waals surface area contributed by atoms with Crippen molar-refractivity contribution in [3.63, 3.8) is 0 Å². The Kier molecular flexibility index (Phi) is 4.53. The highest BCUT2D eigenvalue weighted by atomic mass is 32.2. The Morgan fingerprint density at radius 3 is 1.62 bits per heavy atom. The molecule has 0 unspecified atom stereocenters. The minimum absolute atomic E-state index is 0.525. The van der Waals surface area contributed by atoms with Gasteiger partial charge in [0.2, 0.25) is 0 Å². The maximum atomic E-state index is 13.0. The fourth-order valence-corrected chi connectivity index (χ4v) is 3.69. The van der Waals surface area contributed by atoms with Crippen molar-refractivity contribution in [2.24, 2.45) is 0 Å². The van der Waals surface area contributed by atoms with E-state index in [-0.39, 0.29) is 0 Å². The van der Waals surface area contributed by atoms with E-state index in [4.69, 9.17) is 0 Å². The first kappa shape index (κ1) is 16.1. The normalized spacial score (nSPS) is 11.0. The zero-order chi connectivity index (χ0) is 17.0. The molecule has 1 N–H and O–H groups in total. The summed E-state index contributed by atoms with van der Waals surface area (Å²) in [6, 6.07) is 25.3. The second-order valence-electron chi connectivity index (χ2n) is 5.41. The summed E-state index contributed by atoms with van der Waals surface area (Å²) in [6.45, 7) is 1.96. The van der Waals surface area contributed by atoms with Crippen molar-refractivity contribution in [1.82, 2.24) is 0 Å². The van der Waals surface area contributed by atoms with E-state index < -0.39 is 10.2 Å². The van der Waals surface area contributed by atoms with Gasteiger partial charge in [0.1, 0.15) is 0 Å². The Balaban J connectivity index is 2.03. The summed E-state index contributed by atoms with van der Waals surface area (Å²) >= 11 is 0. The Morgan fingerprint density at radius 1 is 0.708 bits per heavy atom. The lowest BCUT2D eigenvalue weighted by atomic mass is 10.2. The Labute approximate surface area is 142 Å². The predicted molar refractivity (Wildman–Crippen MR) is 98.7 cm³/mol. The SMILES string of the molecule is Cc1ccc(NS(=O)(=O)N(c2ccccc2)c2ccccc2)cc1. The molecule has 0 fully saturated rings. The number of hydrogen-bond donors (Lipinski definition) is 1. The maximum Gasteiger partial charge on any atom is 0.328 e. The third kappa shape index (κ3) is 3.58. The van der Waals surface area contributed by atoms with E-state index >= 15 is 0 Å². The predicted octanol–water partition coefficient (Wildman–Crippen LogP) is 4.49. The number of nitrogens with zero attached hydrogens (tertiary/aromatic N) is 1. The van der Waals surface area contributed by atoms with Gasteiger partial charge in [0.15, 0.2) is 0 Å². The van der Waals surface area contributed by atoms with E-state index in [0.29, 0.717) is 17.1 Å². The van der Waals surface area contributed by atoms with E-state index in [1.54, 1.807) is 36.4 Å². The molecule has 0 aromatic heterocycles. The van der Waals surface area contributed by atoms with Gasteiger partial charge in [0.05, 0.1) is 17.1 Å². The van der Waals surface area contributed by atoms with Crippen molar-refractivity contribution in [2.75, 3.05) is 9.03 Å². The van der Waals surface area contributed by atoms with Crippen molar-refractivity contribution in [3.8, 4) is 0 Å². The second kappa shape index (κ2) is 6.76. The minimum Gasteiger partial charge on any atom is -0.266 e. The molecule has 122 valence electrons. The number of nitrogens with one attached hydrogen (secondary N) is 1. The number of para-hydroxylation sites is 2. The van der Waals surface area contributed by atoms with Gasteiger partial charge in [0.25, 0.3) is 0 Å². The summed E-state index contributed by atoms with van der Waals surface area (Å²) < 4.78 is 29.9. The lowest BCUT2D eigenvalue weighted by molar-refractivity contribution is 0.601. The molecule has 0 heterocycles. The summed E-state index contributed by atoms with van der Waals surface area (Å²) in [5.74, 6) is 0. The van der Waals surface area contributed by atoms with E-state index in [2.05, 4.69) is 4.72 Å². The molecule has 0 aliphatic heterocycles. The molecule has 0 radical (unpaired) electrons. The molecule has 0 saturated carbocycles. The van der Waals surface area contributed by atoms with Gasteiger partial charge in [-0.1, -0.05) is 54.1 Å². The van der Waals surface area contributed by atoms with Crippen molar-refractivity contribution in [1.29, 1.82) is 0 Å². The van der Waals surface area contributed by atoms with E-state index in [0.717, 1.165) is 5.56 Å². The van der Waals surface area contributed by atoms with Crippen LogP contribution in [0.3, 0.4) is 0 Å². The molecule has 0 amide bonds. The summed E-state index contributed by atoms with van der Waals surface area (Å²) in [5.41, 5.74) is 2.74. The molecule has 3 aromatic rings. The maximum absolute atomic E-state index is 13.0. The zero-order valence-corrected chi connectivity index (χ0v) is 14.1. The van der Waals surface area contributed by atoms with Gasteiger partial charge in [-0.15, -0.1) is 0 Å². The number of aryl methyl sites for hydroxylation is 1. The van der Waals surface area contributed by atoms with Crippen LogP contribution in [0.4, 0.5) is 17.1 Å². The summed E-state index contributed by atoms with van der Waals surface area (Å²) in [7, 11) is -3.81. The van der Waals surface area contributed by atoms with Crippen molar-refractivity contribution >= 4 is 27.3 Å². The molecule has 24 heavy (non-hydrogen) atoms. The van der Waals surface area contributed by atoms with E-state index in [1.807, 2.05) is 55.5 Å². The average Bonchev–Trinajstić information content (AvgIpc) is 2.59. The summed E-state index contributed by atoms with van der Waals surface area (Å²) in [5, 5.41) is 0. The van der Waals surface area contributed by atoms with E-state index in [9.17, 15) is 8.42 Å². The van der Waals surface area contributed by atoms with Gasteiger partial charge < -0.3 is 0 Å². The molecule has 3 rings (SSSR count). The van der Waals surface area contributed by atoms with Crippen LogP contribution in [0.25, 0.3) is 0 Å². The van der Waals surface area contributed by atoms with Crippen LogP contribution in [-0.4, -0.2) is 8.42 Å². The van der Waals surface area contributed by atoms with Crippen LogP contribution in [0, 0.1) is 6.92 Å². The molecule has 0 spiro atoms. The lowest BCUT2D eigenvalue weighted by Crippen LogP contribution is -2.32. The number of anilines is 3. The molecular formula is C19H18N2O2S. The van der Waals surface area contributed by atoms with Crippen molar-refractivity contribution in [2.45, 2.75) is 6.92 Å². The quantitative estimate of drug-likeness (QED) is 0.745. The molecule has 0 aliphatic rings. The fraction of sp³-hybridized carbons (Fsp3) is 0.0526. The van der Waals surface area contributed by atoms with Gasteiger partial charge in [-0.3, -0.25) is 4.72 Å². The van der Waals surface area contributed by atoms with Crippen LogP contribution in [0.2, 0.25) is 0 Å². The van der Waals surface area contributed by atoms with Crippen LogP contribution < -0.4 is 9.03 Å². The topological polar surface area (TPSA) is 49.4 Å². The van der Waals surface area contributed by atoms with Crippen LogP contribution in [0.5, 0.6) is 0 Å². The van der Waals surface area contributed by atoms with Gasteiger partial charge >= 0.3 is 10.2 Å². The molecule has 3 aromatic carbocycles. The number of rotatable bonds is 5. The largest absolute Gasteiger partial charge is 0.328 e. The Hall–Kier alpha value is -2.79. The van der Waals surface area contributed by atoms with Gasteiger partial charge in [-0.05, 0) is 43.3 Å². The van der Waals surface area contributed by atoms with Gasteiger partial charge in [0, 0.05) is 0 Å². The third-order valence-electron chi connectivity index (χ3n) is 3.52. The zero-order valence-electron chi connectivity index (χ0n) is 13.3. The first-order chi connectivity index (χ1) is 11.6. The van der Waals surface area contributed by atoms with Gasteiger partial charge in [-0.2, -0.15) is 8.42 Å². The highest BCUT2D eigenvalue weighted by Gasteiger charge is 2.24. The van der Waals surface area contributed by atoms with Crippen molar-refractivity contribution in [3.05, 3.63) is 90.5 Å². The van der Waals surface area contributed by atoms with Crippen molar-refractivity contribution < 1.29 is 8.42 Å². The Bertz CT molecular complexity index is 854. The second-order valence-corrected chi connectivity index (χ2v) is 6.93.